The van der Waals surface area contributed by atoms with Gasteiger partial charge >= 0.3 is 0 Å². The Kier molecular flexibility index (Phi) is 5.43. The van der Waals surface area contributed by atoms with Crippen LogP contribution in [0.3, 0.4) is 0 Å². The Morgan fingerprint density at radius 3 is 2.48 bits per heavy atom. The first kappa shape index (κ1) is 15.2. The Morgan fingerprint density at radius 1 is 1.05 bits per heavy atom. The SMILES string of the molecule is CCc1ccc(N(C)Cc2cccc(C#CCO)c2)cc1. The monoisotopic (exact) mass is 279 g/mol. The van der Waals surface area contributed by atoms with Gasteiger partial charge in [-0.1, -0.05) is 43.0 Å². The number of benzene rings is 2. The number of aliphatic hydroxyl groups is 1. The molecule has 0 bridgehead atoms. The largest absolute Gasteiger partial charge is 0.384 e. The second kappa shape index (κ2) is 7.52. The molecule has 0 saturated heterocycles. The molecule has 0 amide bonds. The first-order valence-electron chi connectivity index (χ1n) is 7.21. The summed E-state index contributed by atoms with van der Waals surface area (Å²) in [6.45, 7) is 2.89. The second-order valence-corrected chi connectivity index (χ2v) is 5.04. The van der Waals surface area contributed by atoms with Crippen molar-refractivity contribution in [3.8, 4) is 11.8 Å². The molecule has 0 aromatic heterocycles. The summed E-state index contributed by atoms with van der Waals surface area (Å²) in [5.41, 5.74) is 4.71. The van der Waals surface area contributed by atoms with Crippen molar-refractivity contribution >= 4 is 5.69 Å². The van der Waals surface area contributed by atoms with E-state index in [0.717, 1.165) is 18.5 Å². The maximum atomic E-state index is 8.75. The van der Waals surface area contributed by atoms with Crippen LogP contribution in [0.15, 0.2) is 48.5 Å². The van der Waals surface area contributed by atoms with Crippen molar-refractivity contribution in [2.75, 3.05) is 18.6 Å². The molecule has 0 spiro atoms. The zero-order valence-electron chi connectivity index (χ0n) is 12.6. The molecule has 0 unspecified atom stereocenters. The van der Waals surface area contributed by atoms with Crippen LogP contribution < -0.4 is 4.90 Å². The minimum absolute atomic E-state index is 0.103. The molecule has 2 heteroatoms. The van der Waals surface area contributed by atoms with Gasteiger partial charge in [0.05, 0.1) is 0 Å². The summed E-state index contributed by atoms with van der Waals surface area (Å²) in [4.78, 5) is 2.22. The molecular weight excluding hydrogens is 258 g/mol. The van der Waals surface area contributed by atoms with Crippen LogP contribution in [0.25, 0.3) is 0 Å². The van der Waals surface area contributed by atoms with Gasteiger partial charge in [0.25, 0.3) is 0 Å². The lowest BCUT2D eigenvalue weighted by molar-refractivity contribution is 0.350. The number of aliphatic hydroxyl groups excluding tert-OH is 1. The summed E-state index contributed by atoms with van der Waals surface area (Å²) in [6, 6.07) is 16.8. The van der Waals surface area contributed by atoms with Crippen LogP contribution in [0.1, 0.15) is 23.6 Å². The van der Waals surface area contributed by atoms with Crippen molar-refractivity contribution in [2.24, 2.45) is 0 Å². The number of anilines is 1. The molecule has 0 radical (unpaired) electrons. The van der Waals surface area contributed by atoms with Gasteiger partial charge in [0.1, 0.15) is 6.61 Å². The van der Waals surface area contributed by atoms with Crippen LogP contribution in [-0.4, -0.2) is 18.8 Å². The number of rotatable bonds is 4. The molecule has 2 rings (SSSR count). The van der Waals surface area contributed by atoms with E-state index in [1.54, 1.807) is 0 Å². The van der Waals surface area contributed by atoms with Gasteiger partial charge in [0, 0.05) is 24.8 Å². The summed E-state index contributed by atoms with van der Waals surface area (Å²) in [6.07, 6.45) is 1.07. The van der Waals surface area contributed by atoms with Gasteiger partial charge in [-0.15, -0.1) is 0 Å². The summed E-state index contributed by atoms with van der Waals surface area (Å²) < 4.78 is 0. The quantitative estimate of drug-likeness (QED) is 0.869. The van der Waals surface area contributed by atoms with E-state index >= 15 is 0 Å². The van der Waals surface area contributed by atoms with E-state index in [4.69, 9.17) is 5.11 Å². The van der Waals surface area contributed by atoms with E-state index in [1.165, 1.54) is 16.8 Å². The van der Waals surface area contributed by atoms with Crippen LogP contribution >= 0.6 is 0 Å². The molecule has 2 aromatic rings. The predicted molar refractivity (Wildman–Crippen MR) is 88.3 cm³/mol. The third-order valence-corrected chi connectivity index (χ3v) is 3.44. The molecule has 108 valence electrons. The first-order chi connectivity index (χ1) is 10.2. The fourth-order valence-electron chi connectivity index (χ4n) is 2.24. The van der Waals surface area contributed by atoms with Crippen molar-refractivity contribution in [1.29, 1.82) is 0 Å². The van der Waals surface area contributed by atoms with Crippen molar-refractivity contribution in [3.05, 3.63) is 65.2 Å². The van der Waals surface area contributed by atoms with Gasteiger partial charge in [0.2, 0.25) is 0 Å². The molecule has 0 heterocycles. The van der Waals surface area contributed by atoms with E-state index < -0.39 is 0 Å². The predicted octanol–water partition coefficient (Wildman–Crippen LogP) is 3.23. The van der Waals surface area contributed by atoms with Crippen molar-refractivity contribution in [1.82, 2.24) is 0 Å². The number of aryl methyl sites for hydroxylation is 1. The second-order valence-electron chi connectivity index (χ2n) is 5.04. The highest BCUT2D eigenvalue weighted by atomic mass is 16.2. The topological polar surface area (TPSA) is 23.5 Å². The van der Waals surface area contributed by atoms with Gasteiger partial charge in [-0.3, -0.25) is 0 Å². The number of nitrogens with zero attached hydrogens (tertiary/aromatic N) is 1. The highest BCUT2D eigenvalue weighted by Gasteiger charge is 2.02. The lowest BCUT2D eigenvalue weighted by Gasteiger charge is -2.20. The lowest BCUT2D eigenvalue weighted by Crippen LogP contribution is -2.16. The zero-order chi connectivity index (χ0) is 15.1. The van der Waals surface area contributed by atoms with Gasteiger partial charge < -0.3 is 10.0 Å². The van der Waals surface area contributed by atoms with Crippen LogP contribution in [-0.2, 0) is 13.0 Å². The van der Waals surface area contributed by atoms with Crippen LogP contribution in [0, 0.1) is 11.8 Å². The summed E-state index contributed by atoms with van der Waals surface area (Å²) in [7, 11) is 2.09. The Labute approximate surface area is 127 Å². The Morgan fingerprint density at radius 2 is 1.81 bits per heavy atom. The van der Waals surface area contributed by atoms with Gasteiger partial charge in [0.15, 0.2) is 0 Å². The molecule has 1 N–H and O–H groups in total. The van der Waals surface area contributed by atoms with Crippen molar-refractivity contribution in [3.63, 3.8) is 0 Å². The maximum Gasteiger partial charge on any atom is 0.104 e. The molecule has 0 saturated carbocycles. The van der Waals surface area contributed by atoms with E-state index in [0.29, 0.717) is 0 Å². The van der Waals surface area contributed by atoms with Gasteiger partial charge in [-0.2, -0.15) is 0 Å². The number of hydrogen-bond donors (Lipinski definition) is 1. The molecule has 0 atom stereocenters. The Hall–Kier alpha value is -2.24. The smallest absolute Gasteiger partial charge is 0.104 e. The summed E-state index contributed by atoms with van der Waals surface area (Å²) in [5.74, 6) is 5.63. The Balaban J connectivity index is 2.09. The Bertz CT molecular complexity index is 635. The van der Waals surface area contributed by atoms with Crippen molar-refractivity contribution in [2.45, 2.75) is 19.9 Å². The van der Waals surface area contributed by atoms with E-state index in [9.17, 15) is 0 Å². The normalized spacial score (nSPS) is 9.86. The van der Waals surface area contributed by atoms with Crippen LogP contribution in [0.4, 0.5) is 5.69 Å². The standard InChI is InChI=1S/C19H21NO/c1-3-16-9-11-19(12-10-16)20(2)15-18-7-4-6-17(14-18)8-5-13-21/h4,6-7,9-12,14,21H,3,13,15H2,1-2H3. The lowest BCUT2D eigenvalue weighted by atomic mass is 10.1. The van der Waals surface area contributed by atoms with E-state index in [-0.39, 0.29) is 6.61 Å². The third-order valence-electron chi connectivity index (χ3n) is 3.44. The fraction of sp³-hybridized carbons (Fsp3) is 0.263. The molecule has 0 aliphatic heterocycles. The highest BCUT2D eigenvalue weighted by molar-refractivity contribution is 5.48. The summed E-state index contributed by atoms with van der Waals surface area (Å²) >= 11 is 0. The number of hydrogen-bond acceptors (Lipinski definition) is 2. The zero-order valence-corrected chi connectivity index (χ0v) is 12.6. The molecule has 2 nitrogen and oxygen atoms in total. The molecule has 0 aliphatic carbocycles. The first-order valence-corrected chi connectivity index (χ1v) is 7.21. The third kappa shape index (κ3) is 4.37. The molecular formula is C19H21NO. The molecule has 0 fully saturated rings. The average Bonchev–Trinajstić information content (AvgIpc) is 2.53. The van der Waals surface area contributed by atoms with Crippen LogP contribution in [0.2, 0.25) is 0 Å². The van der Waals surface area contributed by atoms with E-state index in [1.807, 2.05) is 12.1 Å². The summed E-state index contributed by atoms with van der Waals surface area (Å²) in [5, 5.41) is 8.75. The average molecular weight is 279 g/mol. The molecule has 0 aliphatic rings. The maximum absolute atomic E-state index is 8.75. The van der Waals surface area contributed by atoms with Gasteiger partial charge in [-0.05, 0) is 41.8 Å². The molecule has 21 heavy (non-hydrogen) atoms. The van der Waals surface area contributed by atoms with Crippen LogP contribution in [0.5, 0.6) is 0 Å². The minimum atomic E-state index is -0.103. The van der Waals surface area contributed by atoms with E-state index in [2.05, 4.69) is 67.1 Å². The highest BCUT2D eigenvalue weighted by Crippen LogP contribution is 2.17. The fourth-order valence-corrected chi connectivity index (χ4v) is 2.24. The minimum Gasteiger partial charge on any atom is -0.384 e. The van der Waals surface area contributed by atoms with Crippen molar-refractivity contribution < 1.29 is 5.11 Å². The van der Waals surface area contributed by atoms with Gasteiger partial charge in [-0.25, -0.2) is 0 Å². The molecule has 2 aromatic carbocycles.